The largest absolute Gasteiger partial charge is 0.363 e. The lowest BCUT2D eigenvalue weighted by molar-refractivity contribution is 0.167. The van der Waals surface area contributed by atoms with Crippen molar-refractivity contribution < 1.29 is 5.21 Å². The van der Waals surface area contributed by atoms with Crippen LogP contribution in [0, 0.1) is 0 Å². The van der Waals surface area contributed by atoms with Gasteiger partial charge in [0.2, 0.25) is 0 Å². The molecule has 9 heavy (non-hydrogen) atoms. The summed E-state index contributed by atoms with van der Waals surface area (Å²) in [7, 11) is 3.73. The molecule has 0 amide bonds. The first-order valence-electron chi connectivity index (χ1n) is 3.00. The predicted octanol–water partition coefficient (Wildman–Crippen LogP) is 0.778. The molecule has 3 nitrogen and oxygen atoms in total. The number of hydrogen-bond acceptors (Lipinski definition) is 3. The van der Waals surface area contributed by atoms with Crippen LogP contribution in [0.15, 0.2) is 11.9 Å². The third-order valence-corrected chi connectivity index (χ3v) is 0.994. The van der Waals surface area contributed by atoms with Crippen LogP contribution in [0.5, 0.6) is 0 Å². The number of hydroxylamine groups is 1. The molecular weight excluding hydrogens is 116 g/mol. The molecule has 0 aliphatic carbocycles. The summed E-state index contributed by atoms with van der Waals surface area (Å²) in [4.78, 5) is 1.81. The van der Waals surface area contributed by atoms with Crippen LogP contribution in [0.3, 0.4) is 0 Å². The van der Waals surface area contributed by atoms with E-state index in [1.807, 2.05) is 32.0 Å². The van der Waals surface area contributed by atoms with Gasteiger partial charge in [-0.2, -0.15) is 0 Å². The van der Waals surface area contributed by atoms with Crippen LogP contribution >= 0.6 is 0 Å². The Balaban J connectivity index is 3.81. The van der Waals surface area contributed by atoms with Gasteiger partial charge in [0.15, 0.2) is 0 Å². The fourth-order valence-corrected chi connectivity index (χ4v) is 0.522. The van der Waals surface area contributed by atoms with Crippen molar-refractivity contribution in [3.05, 3.63) is 11.9 Å². The van der Waals surface area contributed by atoms with Gasteiger partial charge in [-0.25, -0.2) is 0 Å². The van der Waals surface area contributed by atoms with Gasteiger partial charge in [0.05, 0.1) is 0 Å². The molecule has 0 rings (SSSR count). The number of nitrogens with one attached hydrogen (secondary N) is 1. The molecule has 0 unspecified atom stereocenters. The van der Waals surface area contributed by atoms with Gasteiger partial charge < -0.3 is 4.90 Å². The zero-order valence-electron chi connectivity index (χ0n) is 6.18. The zero-order valence-corrected chi connectivity index (χ0v) is 6.18. The Kier molecular flexibility index (Phi) is 3.88. The van der Waals surface area contributed by atoms with E-state index < -0.39 is 0 Å². The predicted molar refractivity (Wildman–Crippen MR) is 37.0 cm³/mol. The van der Waals surface area contributed by atoms with E-state index in [0.717, 1.165) is 12.2 Å². The lowest BCUT2D eigenvalue weighted by atomic mass is 10.4. The standard InChI is InChI=1S/C6H14N2O/c1-4-5-6(7-9)8(2)3/h5,7,9H,4H2,1-3H3/b6-5+. The van der Waals surface area contributed by atoms with E-state index in [1.165, 1.54) is 0 Å². The smallest absolute Gasteiger partial charge is 0.121 e. The molecule has 0 spiro atoms. The van der Waals surface area contributed by atoms with Crippen LogP contribution in [0.2, 0.25) is 0 Å². The summed E-state index contributed by atoms with van der Waals surface area (Å²) in [6.45, 7) is 2.01. The van der Waals surface area contributed by atoms with Crippen molar-refractivity contribution in [2.24, 2.45) is 0 Å². The van der Waals surface area contributed by atoms with Crippen molar-refractivity contribution >= 4 is 0 Å². The van der Waals surface area contributed by atoms with Crippen molar-refractivity contribution in [3.63, 3.8) is 0 Å². The van der Waals surface area contributed by atoms with Crippen molar-refractivity contribution in [2.45, 2.75) is 13.3 Å². The first kappa shape index (κ1) is 8.30. The van der Waals surface area contributed by atoms with Gasteiger partial charge in [-0.3, -0.25) is 10.7 Å². The molecule has 0 saturated heterocycles. The maximum Gasteiger partial charge on any atom is 0.121 e. The van der Waals surface area contributed by atoms with Crippen LogP contribution in [0.25, 0.3) is 0 Å². The highest BCUT2D eigenvalue weighted by molar-refractivity contribution is 4.93. The third-order valence-electron chi connectivity index (χ3n) is 0.994. The molecule has 0 atom stereocenters. The Morgan fingerprint density at radius 3 is 2.33 bits per heavy atom. The minimum absolute atomic E-state index is 0.734. The Morgan fingerprint density at radius 1 is 1.67 bits per heavy atom. The molecule has 0 aliphatic rings. The molecular formula is C6H14N2O. The fourth-order valence-electron chi connectivity index (χ4n) is 0.522. The van der Waals surface area contributed by atoms with Crippen LogP contribution < -0.4 is 5.48 Å². The molecule has 0 aromatic heterocycles. The summed E-state index contributed by atoms with van der Waals surface area (Å²) in [6.07, 6.45) is 2.82. The van der Waals surface area contributed by atoms with Crippen LogP contribution in [-0.2, 0) is 0 Å². The van der Waals surface area contributed by atoms with Gasteiger partial charge in [-0.05, 0) is 12.5 Å². The molecule has 0 radical (unpaired) electrons. The lowest BCUT2D eigenvalue weighted by Crippen LogP contribution is -2.22. The van der Waals surface area contributed by atoms with E-state index in [9.17, 15) is 0 Å². The Morgan fingerprint density at radius 2 is 2.22 bits per heavy atom. The topological polar surface area (TPSA) is 35.5 Å². The van der Waals surface area contributed by atoms with Crippen molar-refractivity contribution in [1.82, 2.24) is 10.4 Å². The highest BCUT2D eigenvalue weighted by Gasteiger charge is 1.92. The summed E-state index contributed by atoms with van der Waals surface area (Å²) in [5.74, 6) is 0.734. The van der Waals surface area contributed by atoms with E-state index in [-0.39, 0.29) is 0 Å². The van der Waals surface area contributed by atoms with Crippen LogP contribution in [0.4, 0.5) is 0 Å². The molecule has 0 aromatic rings. The van der Waals surface area contributed by atoms with Crippen molar-refractivity contribution in [2.75, 3.05) is 14.1 Å². The SMILES string of the molecule is CC/C=C(\NO)N(C)C. The van der Waals surface area contributed by atoms with Gasteiger partial charge in [-0.1, -0.05) is 6.92 Å². The van der Waals surface area contributed by atoms with Crippen molar-refractivity contribution in [1.29, 1.82) is 0 Å². The number of hydrogen-bond donors (Lipinski definition) is 2. The summed E-state index contributed by atoms with van der Waals surface area (Å²) >= 11 is 0. The van der Waals surface area contributed by atoms with E-state index >= 15 is 0 Å². The van der Waals surface area contributed by atoms with Gasteiger partial charge in [0.1, 0.15) is 5.82 Å². The molecule has 54 valence electrons. The molecule has 2 N–H and O–H groups in total. The zero-order chi connectivity index (χ0) is 7.28. The molecule has 3 heteroatoms. The molecule has 0 aliphatic heterocycles. The molecule has 0 bridgehead atoms. The normalized spacial score (nSPS) is 11.3. The third kappa shape index (κ3) is 2.98. The highest BCUT2D eigenvalue weighted by atomic mass is 16.5. The summed E-state index contributed by atoms with van der Waals surface area (Å²) in [6, 6.07) is 0. The minimum atomic E-state index is 0.734. The Hall–Kier alpha value is -0.700. The molecule has 0 saturated carbocycles. The van der Waals surface area contributed by atoms with E-state index in [4.69, 9.17) is 5.21 Å². The lowest BCUT2D eigenvalue weighted by Gasteiger charge is -2.14. The molecule has 0 fully saturated rings. The average Bonchev–Trinajstić information content (AvgIpc) is 1.82. The van der Waals surface area contributed by atoms with E-state index in [1.54, 1.807) is 0 Å². The summed E-state index contributed by atoms with van der Waals surface area (Å²) < 4.78 is 0. The quantitative estimate of drug-likeness (QED) is 0.554. The second-order valence-electron chi connectivity index (χ2n) is 2.00. The Labute approximate surface area is 55.9 Å². The van der Waals surface area contributed by atoms with Gasteiger partial charge in [0, 0.05) is 14.1 Å². The number of nitrogens with zero attached hydrogens (tertiary/aromatic N) is 1. The first-order chi connectivity index (χ1) is 4.22. The van der Waals surface area contributed by atoms with Crippen molar-refractivity contribution in [3.8, 4) is 0 Å². The fraction of sp³-hybridized carbons (Fsp3) is 0.667. The number of rotatable bonds is 3. The van der Waals surface area contributed by atoms with Crippen LogP contribution in [-0.4, -0.2) is 24.2 Å². The second-order valence-corrected chi connectivity index (χ2v) is 2.00. The second kappa shape index (κ2) is 4.21. The van der Waals surface area contributed by atoms with Gasteiger partial charge in [0.25, 0.3) is 0 Å². The van der Waals surface area contributed by atoms with Gasteiger partial charge >= 0.3 is 0 Å². The maximum absolute atomic E-state index is 8.47. The van der Waals surface area contributed by atoms with Gasteiger partial charge in [-0.15, -0.1) is 0 Å². The highest BCUT2D eigenvalue weighted by Crippen LogP contribution is 1.92. The van der Waals surface area contributed by atoms with Crippen LogP contribution in [0.1, 0.15) is 13.3 Å². The summed E-state index contributed by atoms with van der Waals surface area (Å²) in [5, 5.41) is 8.47. The monoisotopic (exact) mass is 130 g/mol. The number of allylic oxidation sites excluding steroid dienone is 1. The first-order valence-corrected chi connectivity index (χ1v) is 3.00. The van der Waals surface area contributed by atoms with E-state index in [0.29, 0.717) is 0 Å². The Bertz CT molecular complexity index is 99.2. The average molecular weight is 130 g/mol. The molecule has 0 aromatic carbocycles. The summed E-state index contributed by atoms with van der Waals surface area (Å²) in [5.41, 5.74) is 2.09. The molecule has 0 heterocycles. The maximum atomic E-state index is 8.47. The van der Waals surface area contributed by atoms with E-state index in [2.05, 4.69) is 5.48 Å². The minimum Gasteiger partial charge on any atom is -0.363 e.